The fourth-order valence-corrected chi connectivity index (χ4v) is 0.335. The average molecular weight is 157 g/mol. The fraction of sp³-hybridized carbons (Fsp3) is 0.500. The van der Waals surface area contributed by atoms with Crippen LogP contribution in [0.4, 0.5) is 0 Å². The van der Waals surface area contributed by atoms with Crippen LogP contribution >= 0.6 is 0 Å². The molecular formula is C6H11N3O2. The molecule has 0 N–H and O–H groups in total. The molecule has 0 amide bonds. The van der Waals surface area contributed by atoms with Gasteiger partial charge in [-0.25, -0.2) is 0 Å². The summed E-state index contributed by atoms with van der Waals surface area (Å²) in [6.45, 7) is 1.42. The third kappa shape index (κ3) is 5.07. The quantitative estimate of drug-likeness (QED) is 0.344. The predicted molar refractivity (Wildman–Crippen MR) is 42.9 cm³/mol. The van der Waals surface area contributed by atoms with E-state index in [4.69, 9.17) is 0 Å². The molecule has 0 aromatic carbocycles. The summed E-state index contributed by atoms with van der Waals surface area (Å²) in [5, 5.41) is 15.4. The Morgan fingerprint density at radius 1 is 1.64 bits per heavy atom. The summed E-state index contributed by atoms with van der Waals surface area (Å²) in [6.07, 6.45) is 2.73. The molecule has 62 valence electrons. The van der Waals surface area contributed by atoms with E-state index in [0.717, 1.165) is 0 Å². The third-order valence-corrected chi connectivity index (χ3v) is 0.901. The molecule has 0 atom stereocenters. The maximum absolute atomic E-state index is 10.0. The first-order chi connectivity index (χ1) is 5.04. The van der Waals surface area contributed by atoms with Crippen molar-refractivity contribution < 1.29 is 4.92 Å². The summed E-state index contributed by atoms with van der Waals surface area (Å²) < 4.78 is 0. The third-order valence-electron chi connectivity index (χ3n) is 0.901. The van der Waals surface area contributed by atoms with Gasteiger partial charge in [0.05, 0.1) is 11.1 Å². The van der Waals surface area contributed by atoms with Gasteiger partial charge in [-0.2, -0.15) is 5.10 Å². The minimum Gasteiger partial charge on any atom is -0.303 e. The van der Waals surface area contributed by atoms with E-state index < -0.39 is 4.92 Å². The van der Waals surface area contributed by atoms with Gasteiger partial charge < -0.3 is 5.01 Å². The Labute approximate surface area is 65.2 Å². The Balaban J connectivity index is 4.02. The molecule has 0 fully saturated rings. The zero-order valence-electron chi connectivity index (χ0n) is 6.81. The van der Waals surface area contributed by atoms with E-state index in [1.165, 1.54) is 19.2 Å². The van der Waals surface area contributed by atoms with Crippen LogP contribution in [0.5, 0.6) is 0 Å². The summed E-state index contributed by atoms with van der Waals surface area (Å²) >= 11 is 0. The number of hydrogen-bond acceptors (Lipinski definition) is 4. The van der Waals surface area contributed by atoms with Crippen LogP contribution in [0.2, 0.25) is 0 Å². The van der Waals surface area contributed by atoms with Gasteiger partial charge in [-0.15, -0.1) is 0 Å². The van der Waals surface area contributed by atoms with Crippen LogP contribution in [0.3, 0.4) is 0 Å². The zero-order chi connectivity index (χ0) is 8.85. The van der Waals surface area contributed by atoms with Gasteiger partial charge in [0, 0.05) is 27.1 Å². The maximum atomic E-state index is 10.0. The van der Waals surface area contributed by atoms with E-state index in [0.29, 0.717) is 0 Å². The lowest BCUT2D eigenvalue weighted by Gasteiger charge is -1.99. The molecule has 11 heavy (non-hydrogen) atoms. The molecule has 0 radical (unpaired) electrons. The predicted octanol–water partition coefficient (Wildman–Crippen LogP) is 0.714. The van der Waals surface area contributed by atoms with Crippen LogP contribution in [0, 0.1) is 10.1 Å². The Kier molecular flexibility index (Phi) is 3.87. The van der Waals surface area contributed by atoms with Gasteiger partial charge in [0.2, 0.25) is 5.70 Å². The van der Waals surface area contributed by atoms with Crippen molar-refractivity contribution in [2.45, 2.75) is 6.92 Å². The largest absolute Gasteiger partial charge is 0.303 e. The molecule has 0 rings (SSSR count). The number of nitro groups is 1. The molecule has 0 aromatic rings. The summed E-state index contributed by atoms with van der Waals surface area (Å²) in [7, 11) is 3.48. The Hall–Kier alpha value is -1.39. The maximum Gasteiger partial charge on any atom is 0.244 e. The standard InChI is InChI=1S/C6H11N3O2/c1-6(9(10)11)4-5-7-8(2)3/h4-5H,1-3H3. The van der Waals surface area contributed by atoms with Crippen molar-refractivity contribution in [1.82, 2.24) is 5.01 Å². The fourth-order valence-electron chi connectivity index (χ4n) is 0.335. The van der Waals surface area contributed by atoms with E-state index in [9.17, 15) is 10.1 Å². The van der Waals surface area contributed by atoms with E-state index >= 15 is 0 Å². The minimum atomic E-state index is -0.457. The van der Waals surface area contributed by atoms with Gasteiger partial charge in [0.15, 0.2) is 0 Å². The van der Waals surface area contributed by atoms with E-state index in [1.54, 1.807) is 19.1 Å². The van der Waals surface area contributed by atoms with Crippen molar-refractivity contribution in [1.29, 1.82) is 0 Å². The number of hydrazone groups is 1. The van der Waals surface area contributed by atoms with Gasteiger partial charge in [0.25, 0.3) is 0 Å². The molecule has 0 saturated carbocycles. The molecule has 5 nitrogen and oxygen atoms in total. The number of allylic oxidation sites excluding steroid dienone is 2. The van der Waals surface area contributed by atoms with Crippen LogP contribution in [0.25, 0.3) is 0 Å². The summed E-state index contributed by atoms with van der Waals surface area (Å²) in [5.41, 5.74) is 0.0793. The Morgan fingerprint density at radius 3 is 2.55 bits per heavy atom. The summed E-state index contributed by atoms with van der Waals surface area (Å²) in [5.74, 6) is 0. The first kappa shape index (κ1) is 9.61. The molecule has 0 aliphatic carbocycles. The summed E-state index contributed by atoms with van der Waals surface area (Å²) in [6, 6.07) is 0. The topological polar surface area (TPSA) is 58.7 Å². The highest BCUT2D eigenvalue weighted by atomic mass is 16.6. The first-order valence-corrected chi connectivity index (χ1v) is 3.06. The lowest BCUT2D eigenvalue weighted by Crippen LogP contribution is -2.01. The van der Waals surface area contributed by atoms with Gasteiger partial charge >= 0.3 is 0 Å². The number of hydrogen-bond donors (Lipinski definition) is 0. The summed E-state index contributed by atoms with van der Waals surface area (Å²) in [4.78, 5) is 9.58. The monoisotopic (exact) mass is 157 g/mol. The van der Waals surface area contributed by atoms with Gasteiger partial charge in [-0.1, -0.05) is 0 Å². The molecule has 0 saturated heterocycles. The van der Waals surface area contributed by atoms with Crippen LogP contribution in [-0.2, 0) is 0 Å². The van der Waals surface area contributed by atoms with Crippen LogP contribution in [0.15, 0.2) is 16.9 Å². The average Bonchev–Trinajstić information content (AvgIpc) is 1.86. The minimum absolute atomic E-state index is 0.0793. The van der Waals surface area contributed by atoms with Gasteiger partial charge in [-0.05, 0) is 0 Å². The number of nitrogens with zero attached hydrogens (tertiary/aromatic N) is 3. The first-order valence-electron chi connectivity index (χ1n) is 3.06. The van der Waals surface area contributed by atoms with Gasteiger partial charge in [-0.3, -0.25) is 10.1 Å². The molecule has 0 aromatic heterocycles. The zero-order valence-corrected chi connectivity index (χ0v) is 6.81. The van der Waals surface area contributed by atoms with Crippen molar-refractivity contribution >= 4 is 6.21 Å². The molecule has 0 aliphatic heterocycles. The molecule has 5 heteroatoms. The Bertz CT molecular complexity index is 196. The van der Waals surface area contributed by atoms with Crippen LogP contribution in [-0.4, -0.2) is 30.2 Å². The van der Waals surface area contributed by atoms with E-state index in [2.05, 4.69) is 5.10 Å². The van der Waals surface area contributed by atoms with Crippen molar-refractivity contribution in [3.05, 3.63) is 21.9 Å². The van der Waals surface area contributed by atoms with Crippen molar-refractivity contribution in [2.75, 3.05) is 14.1 Å². The van der Waals surface area contributed by atoms with Crippen molar-refractivity contribution in [2.24, 2.45) is 5.10 Å². The second-order valence-electron chi connectivity index (χ2n) is 2.18. The molecule has 0 bridgehead atoms. The second kappa shape index (κ2) is 4.43. The highest BCUT2D eigenvalue weighted by Gasteiger charge is 1.97. The number of rotatable bonds is 3. The molecular weight excluding hydrogens is 146 g/mol. The Morgan fingerprint density at radius 2 is 2.18 bits per heavy atom. The van der Waals surface area contributed by atoms with E-state index in [1.807, 2.05) is 0 Å². The van der Waals surface area contributed by atoms with Crippen LogP contribution < -0.4 is 0 Å². The van der Waals surface area contributed by atoms with E-state index in [-0.39, 0.29) is 5.70 Å². The highest BCUT2D eigenvalue weighted by molar-refractivity contribution is 5.71. The lowest BCUT2D eigenvalue weighted by atomic mass is 10.5. The normalized spacial score (nSPS) is 12.1. The smallest absolute Gasteiger partial charge is 0.244 e. The van der Waals surface area contributed by atoms with Crippen LogP contribution in [0.1, 0.15) is 6.92 Å². The SMILES string of the molecule is CC(=CC=NN(C)C)[N+](=O)[O-]. The molecule has 0 spiro atoms. The molecule has 0 aliphatic rings. The second-order valence-corrected chi connectivity index (χ2v) is 2.18. The highest BCUT2D eigenvalue weighted by Crippen LogP contribution is 1.89. The van der Waals surface area contributed by atoms with Crippen molar-refractivity contribution in [3.63, 3.8) is 0 Å². The molecule has 0 heterocycles. The van der Waals surface area contributed by atoms with Crippen molar-refractivity contribution in [3.8, 4) is 0 Å². The lowest BCUT2D eigenvalue weighted by molar-refractivity contribution is -0.424. The molecule has 0 unspecified atom stereocenters. The van der Waals surface area contributed by atoms with Gasteiger partial charge in [0.1, 0.15) is 0 Å².